The average Bonchev–Trinajstić information content (AvgIpc) is 3.43. The van der Waals surface area contributed by atoms with E-state index in [4.69, 9.17) is 38.3 Å². The lowest BCUT2D eigenvalue weighted by Crippen LogP contribution is -2.12. The Morgan fingerprint density at radius 1 is 1.36 bits per heavy atom. The summed E-state index contributed by atoms with van der Waals surface area (Å²) in [5.41, 5.74) is 8.30. The fraction of sp³-hybridized carbons (Fsp3) is 0.167. The second kappa shape index (κ2) is 7.46. The minimum absolute atomic E-state index is 0.257. The summed E-state index contributed by atoms with van der Waals surface area (Å²) < 4.78 is 9.15. The smallest absolute Gasteiger partial charge is 0.250 e. The van der Waals surface area contributed by atoms with Crippen LogP contribution in [0.3, 0.4) is 0 Å². The number of thiazole rings is 1. The van der Waals surface area contributed by atoms with E-state index in [1.165, 1.54) is 11.3 Å². The Morgan fingerprint density at radius 3 is 2.82 bits per heavy atom. The van der Waals surface area contributed by atoms with Crippen LogP contribution in [0, 0.1) is 6.92 Å². The van der Waals surface area contributed by atoms with Gasteiger partial charge in [0.15, 0.2) is 5.15 Å². The van der Waals surface area contributed by atoms with Gasteiger partial charge in [0.25, 0.3) is 5.91 Å². The maximum absolute atomic E-state index is 11.8. The van der Waals surface area contributed by atoms with E-state index in [0.717, 1.165) is 27.8 Å². The Balaban J connectivity index is 1.70. The summed E-state index contributed by atoms with van der Waals surface area (Å²) in [5, 5.41) is 3.38. The van der Waals surface area contributed by atoms with Crippen molar-refractivity contribution < 1.29 is 9.21 Å². The van der Waals surface area contributed by atoms with Crippen molar-refractivity contribution in [1.29, 1.82) is 0 Å². The molecule has 0 fully saturated rings. The number of amides is 1. The van der Waals surface area contributed by atoms with E-state index in [9.17, 15) is 4.79 Å². The third-order valence-corrected chi connectivity index (χ3v) is 5.98. The van der Waals surface area contributed by atoms with Crippen LogP contribution >= 0.6 is 34.5 Å². The Kier molecular flexibility index (Phi) is 5.01. The molecule has 10 heteroatoms. The highest BCUT2D eigenvalue weighted by molar-refractivity contribution is 7.09. The molecule has 0 radical (unpaired) electrons. The van der Waals surface area contributed by atoms with Gasteiger partial charge in [-0.25, -0.2) is 9.97 Å². The lowest BCUT2D eigenvalue weighted by atomic mass is 10.2. The zero-order valence-corrected chi connectivity index (χ0v) is 17.1. The van der Waals surface area contributed by atoms with Crippen molar-refractivity contribution in [2.24, 2.45) is 5.73 Å². The van der Waals surface area contributed by atoms with Gasteiger partial charge < -0.3 is 19.3 Å². The molecule has 0 spiro atoms. The van der Waals surface area contributed by atoms with E-state index in [1.54, 1.807) is 23.2 Å². The standard InChI is InChI=1S/C18H15Cl2N5O2S/c1-10-12(18(21)26)5-14(25(10)6-11-3-2-4-27-11)13-8-28-15(23-13)7-24-9-22-16(19)17(24)20/h2-5,8-9H,6-7H2,1H3,(H2,21,26). The topological polar surface area (TPSA) is 91.9 Å². The number of halogens is 2. The summed E-state index contributed by atoms with van der Waals surface area (Å²) in [7, 11) is 0. The summed E-state index contributed by atoms with van der Waals surface area (Å²) in [6.45, 7) is 2.77. The zero-order valence-electron chi connectivity index (χ0n) is 14.7. The number of nitrogens with two attached hydrogens (primary N) is 1. The Labute approximate surface area is 174 Å². The van der Waals surface area contributed by atoms with Crippen molar-refractivity contribution in [3.05, 3.63) is 68.5 Å². The molecule has 0 aliphatic heterocycles. The van der Waals surface area contributed by atoms with Crippen LogP contribution in [-0.4, -0.2) is 25.0 Å². The molecule has 4 aromatic heterocycles. The van der Waals surface area contributed by atoms with Gasteiger partial charge in [-0.15, -0.1) is 11.3 Å². The third kappa shape index (κ3) is 3.46. The molecule has 1 amide bonds. The van der Waals surface area contributed by atoms with Gasteiger partial charge in [0.1, 0.15) is 15.9 Å². The van der Waals surface area contributed by atoms with Crippen LogP contribution in [0.2, 0.25) is 10.3 Å². The van der Waals surface area contributed by atoms with Crippen molar-refractivity contribution in [3.63, 3.8) is 0 Å². The zero-order chi connectivity index (χ0) is 19.8. The molecule has 0 aliphatic carbocycles. The van der Waals surface area contributed by atoms with Crippen LogP contribution in [0.1, 0.15) is 26.8 Å². The van der Waals surface area contributed by atoms with Gasteiger partial charge in [-0.3, -0.25) is 4.79 Å². The molecular formula is C18H15Cl2N5O2S. The number of hydrogen-bond donors (Lipinski definition) is 1. The molecule has 2 N–H and O–H groups in total. The van der Waals surface area contributed by atoms with Crippen molar-refractivity contribution >= 4 is 40.4 Å². The van der Waals surface area contributed by atoms with E-state index in [-0.39, 0.29) is 5.15 Å². The number of hydrogen-bond acceptors (Lipinski definition) is 5. The molecule has 0 atom stereocenters. The highest BCUT2D eigenvalue weighted by Crippen LogP contribution is 2.29. The summed E-state index contributed by atoms with van der Waals surface area (Å²) >= 11 is 13.5. The van der Waals surface area contributed by atoms with Crippen LogP contribution in [0.15, 0.2) is 40.6 Å². The number of rotatable bonds is 6. The molecular weight excluding hydrogens is 421 g/mol. The van der Waals surface area contributed by atoms with E-state index < -0.39 is 5.91 Å². The molecule has 0 saturated carbocycles. The summed E-state index contributed by atoms with van der Waals surface area (Å²) in [4.78, 5) is 20.5. The quantitative estimate of drug-likeness (QED) is 0.490. The Hall–Kier alpha value is -2.55. The van der Waals surface area contributed by atoms with Gasteiger partial charge in [0.2, 0.25) is 0 Å². The third-order valence-electron chi connectivity index (χ3n) is 4.38. The van der Waals surface area contributed by atoms with Crippen LogP contribution in [0.5, 0.6) is 0 Å². The maximum Gasteiger partial charge on any atom is 0.250 e. The Bertz CT molecular complexity index is 1140. The highest BCUT2D eigenvalue weighted by Gasteiger charge is 2.20. The molecule has 144 valence electrons. The fourth-order valence-corrected chi connectivity index (χ4v) is 4.06. The van der Waals surface area contributed by atoms with E-state index in [1.807, 2.05) is 29.0 Å². The number of carbonyl (C=O) groups is 1. The second-order valence-corrected chi connectivity index (χ2v) is 7.80. The lowest BCUT2D eigenvalue weighted by molar-refractivity contribution is 0.0999. The fourth-order valence-electron chi connectivity index (χ4n) is 2.97. The van der Waals surface area contributed by atoms with Crippen LogP contribution in [-0.2, 0) is 13.1 Å². The van der Waals surface area contributed by atoms with Gasteiger partial charge in [0, 0.05) is 11.1 Å². The first-order valence-electron chi connectivity index (χ1n) is 8.27. The molecule has 0 aliphatic rings. The lowest BCUT2D eigenvalue weighted by Gasteiger charge is -2.09. The van der Waals surface area contributed by atoms with Crippen LogP contribution < -0.4 is 5.73 Å². The first-order valence-corrected chi connectivity index (χ1v) is 9.90. The summed E-state index contributed by atoms with van der Waals surface area (Å²) in [6, 6.07) is 5.47. The van der Waals surface area contributed by atoms with Crippen molar-refractivity contribution in [2.75, 3.05) is 0 Å². The van der Waals surface area contributed by atoms with Gasteiger partial charge in [-0.1, -0.05) is 23.2 Å². The van der Waals surface area contributed by atoms with Crippen molar-refractivity contribution in [2.45, 2.75) is 20.0 Å². The molecule has 28 heavy (non-hydrogen) atoms. The molecule has 4 rings (SSSR count). The first-order chi connectivity index (χ1) is 13.4. The number of carbonyl (C=O) groups excluding carboxylic acids is 1. The van der Waals surface area contributed by atoms with Crippen LogP contribution in [0.25, 0.3) is 11.4 Å². The molecule has 0 unspecified atom stereocenters. The highest BCUT2D eigenvalue weighted by atomic mass is 35.5. The largest absolute Gasteiger partial charge is 0.467 e. The minimum Gasteiger partial charge on any atom is -0.467 e. The van der Waals surface area contributed by atoms with Crippen molar-refractivity contribution in [1.82, 2.24) is 19.1 Å². The molecule has 0 bridgehead atoms. The summed E-state index contributed by atoms with van der Waals surface area (Å²) in [6.07, 6.45) is 3.18. The van der Waals surface area contributed by atoms with Gasteiger partial charge in [0.05, 0.1) is 42.6 Å². The Morgan fingerprint density at radius 2 is 2.18 bits per heavy atom. The average molecular weight is 436 g/mol. The predicted octanol–water partition coefficient (Wildman–Crippen LogP) is 4.21. The van der Waals surface area contributed by atoms with E-state index in [2.05, 4.69) is 4.98 Å². The molecule has 7 nitrogen and oxygen atoms in total. The first kappa shape index (κ1) is 18.8. The summed E-state index contributed by atoms with van der Waals surface area (Å²) in [5.74, 6) is 0.290. The molecule has 0 aromatic carbocycles. The van der Waals surface area contributed by atoms with Gasteiger partial charge in [-0.05, 0) is 25.1 Å². The monoisotopic (exact) mass is 435 g/mol. The van der Waals surface area contributed by atoms with Crippen molar-refractivity contribution in [3.8, 4) is 11.4 Å². The van der Waals surface area contributed by atoms with Crippen LogP contribution in [0.4, 0.5) is 0 Å². The van der Waals surface area contributed by atoms with Gasteiger partial charge in [-0.2, -0.15) is 0 Å². The molecule has 4 heterocycles. The normalized spacial score (nSPS) is 11.2. The predicted molar refractivity (Wildman–Crippen MR) is 108 cm³/mol. The van der Waals surface area contributed by atoms with Gasteiger partial charge >= 0.3 is 0 Å². The number of imidazole rings is 1. The minimum atomic E-state index is -0.479. The second-order valence-electron chi connectivity index (χ2n) is 6.14. The van der Waals surface area contributed by atoms with E-state index in [0.29, 0.717) is 23.8 Å². The number of furan rings is 1. The SMILES string of the molecule is Cc1c(C(N)=O)cc(-c2csc(Cn3cnc(Cl)c3Cl)n2)n1Cc1ccco1. The number of aromatic nitrogens is 4. The number of primary amides is 1. The number of nitrogens with zero attached hydrogens (tertiary/aromatic N) is 4. The van der Waals surface area contributed by atoms with E-state index >= 15 is 0 Å². The molecule has 4 aromatic rings. The maximum atomic E-state index is 11.8. The molecule has 0 saturated heterocycles.